The fourth-order valence-electron chi connectivity index (χ4n) is 1.43. The van der Waals surface area contributed by atoms with Crippen LogP contribution in [0.5, 0.6) is 0 Å². The molecule has 0 spiro atoms. The molecule has 4 heteroatoms. The second kappa shape index (κ2) is 6.23. The third-order valence-corrected chi connectivity index (χ3v) is 2.53. The molecule has 0 atom stereocenters. The maximum absolute atomic E-state index is 11.2. The average Bonchev–Trinajstić information content (AvgIpc) is 2.35. The Hall–Kier alpha value is -1.42. The summed E-state index contributed by atoms with van der Waals surface area (Å²) in [6.45, 7) is 7.04. The van der Waals surface area contributed by atoms with Crippen LogP contribution in [0.15, 0.2) is 18.3 Å². The first-order valence-electron chi connectivity index (χ1n) is 5.46. The van der Waals surface area contributed by atoms with Crippen molar-refractivity contribution in [2.75, 3.05) is 20.2 Å². The van der Waals surface area contributed by atoms with E-state index < -0.39 is 0 Å². The van der Waals surface area contributed by atoms with E-state index in [1.165, 1.54) is 7.11 Å². The lowest BCUT2D eigenvalue weighted by Crippen LogP contribution is -2.22. The van der Waals surface area contributed by atoms with Gasteiger partial charge in [-0.25, -0.2) is 4.79 Å². The van der Waals surface area contributed by atoms with Crippen molar-refractivity contribution in [1.82, 2.24) is 9.88 Å². The third-order valence-electron chi connectivity index (χ3n) is 2.53. The Morgan fingerprint density at radius 3 is 2.50 bits per heavy atom. The van der Waals surface area contributed by atoms with Crippen LogP contribution in [0, 0.1) is 0 Å². The van der Waals surface area contributed by atoms with Gasteiger partial charge in [0.1, 0.15) is 0 Å². The van der Waals surface area contributed by atoms with Gasteiger partial charge in [-0.05, 0) is 25.2 Å². The number of pyridine rings is 1. The molecule has 88 valence electrons. The van der Waals surface area contributed by atoms with Crippen molar-refractivity contribution in [3.63, 3.8) is 0 Å². The molecule has 0 N–H and O–H groups in total. The molecule has 0 fully saturated rings. The number of nitrogens with zero attached hydrogens (tertiary/aromatic N) is 2. The maximum Gasteiger partial charge on any atom is 0.339 e. The van der Waals surface area contributed by atoms with Gasteiger partial charge in [0.05, 0.1) is 18.4 Å². The molecule has 16 heavy (non-hydrogen) atoms. The fourth-order valence-corrected chi connectivity index (χ4v) is 1.43. The Bertz CT molecular complexity index is 331. The van der Waals surface area contributed by atoms with Crippen molar-refractivity contribution in [3.8, 4) is 0 Å². The Kier molecular flexibility index (Phi) is 4.92. The molecule has 0 aliphatic heterocycles. The van der Waals surface area contributed by atoms with Gasteiger partial charge < -0.3 is 4.74 Å². The van der Waals surface area contributed by atoms with Gasteiger partial charge in [-0.2, -0.15) is 0 Å². The van der Waals surface area contributed by atoms with Crippen LogP contribution in [-0.2, 0) is 11.3 Å². The van der Waals surface area contributed by atoms with E-state index >= 15 is 0 Å². The number of methoxy groups -OCH3 is 1. The number of hydrogen-bond donors (Lipinski definition) is 0. The number of aromatic nitrogens is 1. The van der Waals surface area contributed by atoms with Crippen molar-refractivity contribution in [2.24, 2.45) is 0 Å². The van der Waals surface area contributed by atoms with E-state index in [0.29, 0.717) is 5.56 Å². The van der Waals surface area contributed by atoms with Gasteiger partial charge in [0.2, 0.25) is 0 Å². The van der Waals surface area contributed by atoms with Crippen LogP contribution >= 0.6 is 0 Å². The van der Waals surface area contributed by atoms with Gasteiger partial charge in [0, 0.05) is 12.7 Å². The summed E-state index contributed by atoms with van der Waals surface area (Å²) in [7, 11) is 1.37. The first-order chi connectivity index (χ1) is 7.71. The van der Waals surface area contributed by atoms with Crippen molar-refractivity contribution in [1.29, 1.82) is 0 Å². The molecule has 1 rings (SSSR count). The van der Waals surface area contributed by atoms with E-state index in [1.807, 2.05) is 6.07 Å². The summed E-state index contributed by atoms with van der Waals surface area (Å²) in [5.74, 6) is -0.345. The minimum absolute atomic E-state index is 0.345. The highest BCUT2D eigenvalue weighted by Gasteiger charge is 2.06. The summed E-state index contributed by atoms with van der Waals surface area (Å²) in [4.78, 5) is 17.7. The maximum atomic E-state index is 11.2. The smallest absolute Gasteiger partial charge is 0.339 e. The van der Waals surface area contributed by atoms with Crippen LogP contribution in [-0.4, -0.2) is 36.1 Å². The zero-order valence-electron chi connectivity index (χ0n) is 10.1. The fraction of sp³-hybridized carbons (Fsp3) is 0.500. The van der Waals surface area contributed by atoms with E-state index in [4.69, 9.17) is 0 Å². The Morgan fingerprint density at radius 1 is 1.38 bits per heavy atom. The van der Waals surface area contributed by atoms with Crippen LogP contribution in [0.4, 0.5) is 0 Å². The summed E-state index contributed by atoms with van der Waals surface area (Å²) in [5, 5.41) is 0. The number of carbonyl (C=O) groups is 1. The quantitative estimate of drug-likeness (QED) is 0.711. The van der Waals surface area contributed by atoms with Gasteiger partial charge in [0.25, 0.3) is 0 Å². The molecule has 0 radical (unpaired) electrons. The van der Waals surface area contributed by atoms with Gasteiger partial charge in [0.15, 0.2) is 0 Å². The predicted octanol–water partition coefficient (Wildman–Crippen LogP) is 1.71. The van der Waals surface area contributed by atoms with E-state index in [2.05, 4.69) is 28.5 Å². The monoisotopic (exact) mass is 222 g/mol. The molecule has 0 saturated heterocycles. The molecule has 0 aliphatic carbocycles. The Balaban J connectivity index is 2.67. The summed E-state index contributed by atoms with van der Waals surface area (Å²) in [6.07, 6.45) is 1.56. The van der Waals surface area contributed by atoms with Crippen LogP contribution < -0.4 is 0 Å². The van der Waals surface area contributed by atoms with Crippen LogP contribution in [0.3, 0.4) is 0 Å². The van der Waals surface area contributed by atoms with Crippen molar-refractivity contribution in [3.05, 3.63) is 29.6 Å². The zero-order chi connectivity index (χ0) is 12.0. The average molecular weight is 222 g/mol. The molecule has 0 aromatic carbocycles. The summed E-state index contributed by atoms with van der Waals surface area (Å²) in [6, 6.07) is 3.61. The normalized spacial score (nSPS) is 10.5. The van der Waals surface area contributed by atoms with Crippen LogP contribution in [0.25, 0.3) is 0 Å². The lowest BCUT2D eigenvalue weighted by molar-refractivity contribution is 0.0600. The number of rotatable bonds is 5. The van der Waals surface area contributed by atoms with Crippen LogP contribution in [0.1, 0.15) is 29.9 Å². The summed E-state index contributed by atoms with van der Waals surface area (Å²) in [5.41, 5.74) is 1.46. The Morgan fingerprint density at radius 2 is 2.06 bits per heavy atom. The molecule has 1 heterocycles. The molecule has 0 amide bonds. The SMILES string of the molecule is CCN(CC)Cc1ccc(C(=O)OC)cn1. The van der Waals surface area contributed by atoms with Crippen molar-refractivity contribution < 1.29 is 9.53 Å². The predicted molar refractivity (Wildman–Crippen MR) is 62.2 cm³/mol. The van der Waals surface area contributed by atoms with E-state index in [0.717, 1.165) is 25.3 Å². The number of ether oxygens (including phenoxy) is 1. The standard InChI is InChI=1S/C12H18N2O2/c1-4-14(5-2)9-11-7-6-10(8-13-11)12(15)16-3/h6-8H,4-5,9H2,1-3H3. The highest BCUT2D eigenvalue weighted by molar-refractivity contribution is 5.88. The second-order valence-electron chi connectivity index (χ2n) is 3.49. The van der Waals surface area contributed by atoms with Crippen LogP contribution in [0.2, 0.25) is 0 Å². The van der Waals surface area contributed by atoms with Gasteiger partial charge >= 0.3 is 5.97 Å². The molecule has 1 aromatic rings. The summed E-state index contributed by atoms with van der Waals surface area (Å²) < 4.78 is 4.61. The highest BCUT2D eigenvalue weighted by atomic mass is 16.5. The topological polar surface area (TPSA) is 42.4 Å². The number of hydrogen-bond acceptors (Lipinski definition) is 4. The number of esters is 1. The molecule has 1 aromatic heterocycles. The molecule has 0 bridgehead atoms. The lowest BCUT2D eigenvalue weighted by atomic mass is 10.2. The second-order valence-corrected chi connectivity index (χ2v) is 3.49. The Labute approximate surface area is 96.2 Å². The van der Waals surface area contributed by atoms with Crippen molar-refractivity contribution >= 4 is 5.97 Å². The first kappa shape index (κ1) is 12.6. The summed E-state index contributed by atoms with van der Waals surface area (Å²) >= 11 is 0. The van der Waals surface area contributed by atoms with Crippen molar-refractivity contribution in [2.45, 2.75) is 20.4 Å². The van der Waals surface area contributed by atoms with E-state index in [9.17, 15) is 4.79 Å². The van der Waals surface area contributed by atoms with E-state index in [1.54, 1.807) is 12.3 Å². The zero-order valence-corrected chi connectivity index (χ0v) is 10.1. The van der Waals surface area contributed by atoms with Gasteiger partial charge in [-0.1, -0.05) is 13.8 Å². The van der Waals surface area contributed by atoms with E-state index in [-0.39, 0.29) is 5.97 Å². The molecular formula is C12H18N2O2. The minimum atomic E-state index is -0.345. The molecule has 0 aliphatic rings. The molecule has 4 nitrogen and oxygen atoms in total. The minimum Gasteiger partial charge on any atom is -0.465 e. The number of carbonyl (C=O) groups excluding carboxylic acids is 1. The molecule has 0 unspecified atom stereocenters. The molecule has 0 saturated carbocycles. The largest absolute Gasteiger partial charge is 0.465 e. The highest BCUT2D eigenvalue weighted by Crippen LogP contribution is 2.04. The molecular weight excluding hydrogens is 204 g/mol. The lowest BCUT2D eigenvalue weighted by Gasteiger charge is -2.17. The third kappa shape index (κ3) is 3.31. The first-order valence-corrected chi connectivity index (χ1v) is 5.46. The van der Waals surface area contributed by atoms with Gasteiger partial charge in [-0.15, -0.1) is 0 Å². The van der Waals surface area contributed by atoms with Gasteiger partial charge in [-0.3, -0.25) is 9.88 Å².